The van der Waals surface area contributed by atoms with Crippen molar-refractivity contribution in [3.63, 3.8) is 0 Å². The topological polar surface area (TPSA) is 51.0 Å². The fraction of sp³-hybridized carbons (Fsp3) is 0.467. The van der Waals surface area contributed by atoms with Crippen LogP contribution in [-0.4, -0.2) is 15.7 Å². The lowest BCUT2D eigenvalue weighted by molar-refractivity contribution is 0.420. The van der Waals surface area contributed by atoms with Gasteiger partial charge in [0, 0.05) is 11.1 Å². The van der Waals surface area contributed by atoms with E-state index in [-0.39, 0.29) is 5.54 Å². The first kappa shape index (κ1) is 13.6. The van der Waals surface area contributed by atoms with E-state index in [2.05, 4.69) is 41.4 Å². The van der Waals surface area contributed by atoms with Crippen molar-refractivity contribution in [3.8, 4) is 11.4 Å². The lowest BCUT2D eigenvalue weighted by Gasteiger charge is -2.17. The Kier molecular flexibility index (Phi) is 3.60. The summed E-state index contributed by atoms with van der Waals surface area (Å²) in [6.07, 6.45) is 0. The van der Waals surface area contributed by atoms with Crippen molar-refractivity contribution in [1.29, 1.82) is 0 Å². The SMILES string of the molecule is CC(C)c1ccc(-c2noc(NC(C)(C)C)n2)cc1. The molecule has 0 radical (unpaired) electrons. The van der Waals surface area contributed by atoms with E-state index >= 15 is 0 Å². The lowest BCUT2D eigenvalue weighted by atomic mass is 10.0. The third-order valence-electron chi connectivity index (χ3n) is 2.74. The van der Waals surface area contributed by atoms with E-state index in [1.165, 1.54) is 5.56 Å². The molecule has 1 heterocycles. The molecular weight excluding hydrogens is 238 g/mol. The lowest BCUT2D eigenvalue weighted by Crippen LogP contribution is -2.26. The van der Waals surface area contributed by atoms with Gasteiger partial charge in [-0.05, 0) is 32.3 Å². The highest BCUT2D eigenvalue weighted by Gasteiger charge is 2.15. The Morgan fingerprint density at radius 3 is 2.26 bits per heavy atom. The molecule has 2 aromatic rings. The Hall–Kier alpha value is -1.84. The predicted octanol–water partition coefficient (Wildman–Crippen LogP) is 4.07. The maximum Gasteiger partial charge on any atom is 0.322 e. The van der Waals surface area contributed by atoms with Crippen molar-refractivity contribution in [2.75, 3.05) is 5.32 Å². The molecule has 0 spiro atoms. The molecule has 0 atom stereocenters. The van der Waals surface area contributed by atoms with Gasteiger partial charge in [0.25, 0.3) is 0 Å². The van der Waals surface area contributed by atoms with Gasteiger partial charge >= 0.3 is 6.01 Å². The first-order valence-electron chi connectivity index (χ1n) is 6.57. The van der Waals surface area contributed by atoms with Gasteiger partial charge < -0.3 is 9.84 Å². The largest absolute Gasteiger partial charge is 0.333 e. The Balaban J connectivity index is 2.18. The van der Waals surface area contributed by atoms with E-state index in [4.69, 9.17) is 4.52 Å². The number of nitrogens with one attached hydrogen (secondary N) is 1. The Morgan fingerprint density at radius 2 is 1.74 bits per heavy atom. The summed E-state index contributed by atoms with van der Waals surface area (Å²) in [5.41, 5.74) is 2.18. The summed E-state index contributed by atoms with van der Waals surface area (Å²) in [4.78, 5) is 4.35. The maximum atomic E-state index is 5.20. The highest BCUT2D eigenvalue weighted by molar-refractivity contribution is 5.56. The molecule has 0 saturated heterocycles. The van der Waals surface area contributed by atoms with E-state index in [1.54, 1.807) is 0 Å². The minimum atomic E-state index is -0.0920. The van der Waals surface area contributed by atoms with Crippen LogP contribution in [0.5, 0.6) is 0 Å². The smallest absolute Gasteiger partial charge is 0.322 e. The van der Waals surface area contributed by atoms with Crippen LogP contribution >= 0.6 is 0 Å². The third-order valence-corrected chi connectivity index (χ3v) is 2.74. The molecule has 19 heavy (non-hydrogen) atoms. The maximum absolute atomic E-state index is 5.20. The third kappa shape index (κ3) is 3.56. The highest BCUT2D eigenvalue weighted by atomic mass is 16.5. The fourth-order valence-electron chi connectivity index (χ4n) is 1.73. The number of nitrogens with zero attached hydrogens (tertiary/aromatic N) is 2. The van der Waals surface area contributed by atoms with E-state index < -0.39 is 0 Å². The van der Waals surface area contributed by atoms with Gasteiger partial charge in [-0.2, -0.15) is 4.98 Å². The van der Waals surface area contributed by atoms with E-state index in [1.807, 2.05) is 32.9 Å². The summed E-state index contributed by atoms with van der Waals surface area (Å²) in [5, 5.41) is 7.16. The number of aromatic nitrogens is 2. The van der Waals surface area contributed by atoms with E-state index in [0.29, 0.717) is 17.8 Å². The molecule has 1 aromatic carbocycles. The zero-order valence-electron chi connectivity index (χ0n) is 12.2. The molecule has 0 amide bonds. The van der Waals surface area contributed by atoms with Crippen LogP contribution in [0.1, 0.15) is 46.1 Å². The predicted molar refractivity (Wildman–Crippen MR) is 77.2 cm³/mol. The van der Waals surface area contributed by atoms with Crippen LogP contribution in [0.4, 0.5) is 6.01 Å². The molecule has 4 heteroatoms. The quantitative estimate of drug-likeness (QED) is 0.902. The zero-order chi connectivity index (χ0) is 14.0. The molecule has 0 aliphatic rings. The highest BCUT2D eigenvalue weighted by Crippen LogP contribution is 2.22. The normalized spacial score (nSPS) is 11.9. The summed E-state index contributed by atoms with van der Waals surface area (Å²) in [6.45, 7) is 10.5. The van der Waals surface area contributed by atoms with Crippen molar-refractivity contribution < 1.29 is 4.52 Å². The fourth-order valence-corrected chi connectivity index (χ4v) is 1.73. The van der Waals surface area contributed by atoms with Crippen LogP contribution in [0.3, 0.4) is 0 Å². The summed E-state index contributed by atoms with van der Waals surface area (Å²) >= 11 is 0. The Bertz CT molecular complexity index is 535. The Labute approximate surface area is 114 Å². The second-order valence-electron chi connectivity index (χ2n) is 6.07. The van der Waals surface area contributed by atoms with Gasteiger partial charge in [0.05, 0.1) is 0 Å². The van der Waals surface area contributed by atoms with Crippen LogP contribution in [0.15, 0.2) is 28.8 Å². The summed E-state index contributed by atoms with van der Waals surface area (Å²) in [6, 6.07) is 8.72. The molecule has 0 saturated carbocycles. The van der Waals surface area contributed by atoms with Crippen molar-refractivity contribution in [2.45, 2.75) is 46.1 Å². The van der Waals surface area contributed by atoms with Gasteiger partial charge in [0.15, 0.2) is 0 Å². The van der Waals surface area contributed by atoms with E-state index in [0.717, 1.165) is 5.56 Å². The van der Waals surface area contributed by atoms with Gasteiger partial charge in [0.2, 0.25) is 5.82 Å². The second-order valence-corrected chi connectivity index (χ2v) is 6.07. The molecule has 0 bridgehead atoms. The van der Waals surface area contributed by atoms with Crippen LogP contribution in [0.2, 0.25) is 0 Å². The minimum Gasteiger partial charge on any atom is -0.333 e. The number of benzene rings is 1. The molecule has 1 aromatic heterocycles. The van der Waals surface area contributed by atoms with Crippen molar-refractivity contribution >= 4 is 6.01 Å². The van der Waals surface area contributed by atoms with Gasteiger partial charge in [-0.3, -0.25) is 0 Å². The molecule has 0 aliphatic carbocycles. The number of rotatable bonds is 3. The summed E-state index contributed by atoms with van der Waals surface area (Å²) < 4.78 is 5.20. The minimum absolute atomic E-state index is 0.0920. The van der Waals surface area contributed by atoms with Crippen LogP contribution < -0.4 is 5.32 Å². The number of hydrogen-bond acceptors (Lipinski definition) is 4. The zero-order valence-corrected chi connectivity index (χ0v) is 12.2. The van der Waals surface area contributed by atoms with Crippen molar-refractivity contribution in [1.82, 2.24) is 10.1 Å². The van der Waals surface area contributed by atoms with Gasteiger partial charge in [0.1, 0.15) is 0 Å². The monoisotopic (exact) mass is 259 g/mol. The summed E-state index contributed by atoms with van der Waals surface area (Å²) in [5.74, 6) is 1.14. The second kappa shape index (κ2) is 5.03. The molecule has 1 N–H and O–H groups in total. The standard InChI is InChI=1S/C15H21N3O/c1-10(2)11-6-8-12(9-7-11)13-16-14(19-18-13)17-15(3,4)5/h6-10H,1-5H3,(H,16,17,18). The van der Waals surface area contributed by atoms with Crippen molar-refractivity contribution in [2.24, 2.45) is 0 Å². The Morgan fingerprint density at radius 1 is 1.11 bits per heavy atom. The number of hydrogen-bond donors (Lipinski definition) is 1. The number of anilines is 1. The summed E-state index contributed by atoms with van der Waals surface area (Å²) in [7, 11) is 0. The molecular formula is C15H21N3O. The first-order chi connectivity index (χ1) is 8.85. The van der Waals surface area contributed by atoms with E-state index in [9.17, 15) is 0 Å². The average Bonchev–Trinajstić information content (AvgIpc) is 2.75. The van der Waals surface area contributed by atoms with Crippen molar-refractivity contribution in [3.05, 3.63) is 29.8 Å². The molecule has 0 unspecified atom stereocenters. The average molecular weight is 259 g/mol. The van der Waals surface area contributed by atoms with Gasteiger partial charge in [-0.15, -0.1) is 0 Å². The van der Waals surface area contributed by atoms with Crippen LogP contribution in [-0.2, 0) is 0 Å². The molecule has 102 valence electrons. The van der Waals surface area contributed by atoms with Gasteiger partial charge in [-0.25, -0.2) is 0 Å². The molecule has 0 fully saturated rings. The molecule has 4 nitrogen and oxygen atoms in total. The van der Waals surface area contributed by atoms with Crippen LogP contribution in [0.25, 0.3) is 11.4 Å². The molecule has 2 rings (SSSR count). The molecule has 0 aliphatic heterocycles. The van der Waals surface area contributed by atoms with Crippen LogP contribution in [0, 0.1) is 0 Å². The first-order valence-corrected chi connectivity index (χ1v) is 6.57. The van der Waals surface area contributed by atoms with Gasteiger partial charge in [-0.1, -0.05) is 43.3 Å².